The van der Waals surface area contributed by atoms with Crippen molar-refractivity contribution in [2.75, 3.05) is 11.5 Å². The molecule has 0 saturated carbocycles. The van der Waals surface area contributed by atoms with Crippen molar-refractivity contribution in [3.8, 4) is 0 Å². The molecule has 1 fully saturated rings. The smallest absolute Gasteiger partial charge is 0.322 e. The largest absolute Gasteiger partial charge is 0.480 e. The minimum Gasteiger partial charge on any atom is -0.480 e. The van der Waals surface area contributed by atoms with Crippen LogP contribution in [-0.2, 0) is 14.8 Å². The number of aliphatic carboxylic acids is 1. The molecule has 0 aliphatic carbocycles. The number of hydrogen-bond acceptors (Lipinski definition) is 4. The van der Waals surface area contributed by atoms with E-state index >= 15 is 0 Å². The molecule has 0 bridgehead atoms. The molecular weight excluding hydrogens is 274 g/mol. The molecule has 1 saturated heterocycles. The number of thioether (sulfide) groups is 1. The summed E-state index contributed by atoms with van der Waals surface area (Å²) in [5.41, 5.74) is -0.382. The summed E-state index contributed by atoms with van der Waals surface area (Å²) in [6, 6.07) is -0.924. The second-order valence-corrected chi connectivity index (χ2v) is 8.78. The zero-order valence-corrected chi connectivity index (χ0v) is 12.8. The molecule has 2 atom stereocenters. The Morgan fingerprint density at radius 2 is 2.00 bits per heavy atom. The number of hydrogen-bond donors (Lipinski definition) is 1. The van der Waals surface area contributed by atoms with Crippen molar-refractivity contribution in [2.45, 2.75) is 45.5 Å². The predicted molar refractivity (Wildman–Crippen MR) is 73.0 cm³/mol. The van der Waals surface area contributed by atoms with Gasteiger partial charge in [-0.2, -0.15) is 4.31 Å². The zero-order chi connectivity index (χ0) is 14.1. The molecule has 1 N–H and O–H groups in total. The Labute approximate surface area is 113 Å². The molecule has 0 amide bonds. The van der Waals surface area contributed by atoms with Gasteiger partial charge in [0, 0.05) is 5.75 Å². The average molecular weight is 295 g/mol. The number of carboxylic acid groups (broad SMARTS) is 1. The summed E-state index contributed by atoms with van der Waals surface area (Å²) in [6.07, 6.45) is 0.623. The van der Waals surface area contributed by atoms with Crippen LogP contribution in [0.3, 0.4) is 0 Å². The van der Waals surface area contributed by atoms with Crippen LogP contribution >= 0.6 is 11.8 Å². The Hall–Kier alpha value is -0.270. The molecule has 1 aliphatic rings. The van der Waals surface area contributed by atoms with Crippen LogP contribution in [0, 0.1) is 5.41 Å². The van der Waals surface area contributed by atoms with Crippen LogP contribution in [0.2, 0.25) is 0 Å². The summed E-state index contributed by atoms with van der Waals surface area (Å²) in [5, 5.41) is 8.89. The Morgan fingerprint density at radius 3 is 2.39 bits per heavy atom. The first-order valence-corrected chi connectivity index (χ1v) is 8.60. The molecule has 1 aliphatic heterocycles. The average Bonchev–Trinajstić information content (AvgIpc) is 2.57. The molecule has 7 heteroatoms. The first kappa shape index (κ1) is 15.8. The van der Waals surface area contributed by atoms with E-state index in [4.69, 9.17) is 5.11 Å². The van der Waals surface area contributed by atoms with Crippen LogP contribution < -0.4 is 0 Å². The van der Waals surface area contributed by atoms with E-state index in [1.807, 2.05) is 27.7 Å². The fourth-order valence-corrected chi connectivity index (χ4v) is 6.23. The standard InChI is InChI=1S/C11H21NO4S2/c1-5-9-12(8(6-17-9)10(13)14)18(15,16)7-11(2,3)4/h8-9H,5-7H2,1-4H3,(H,13,14). The van der Waals surface area contributed by atoms with Crippen molar-refractivity contribution < 1.29 is 18.3 Å². The number of carbonyl (C=O) groups is 1. The van der Waals surface area contributed by atoms with Gasteiger partial charge in [0.1, 0.15) is 6.04 Å². The van der Waals surface area contributed by atoms with Gasteiger partial charge in [-0.1, -0.05) is 27.7 Å². The van der Waals surface area contributed by atoms with Gasteiger partial charge in [0.15, 0.2) is 0 Å². The molecule has 1 heterocycles. The summed E-state index contributed by atoms with van der Waals surface area (Å²) < 4.78 is 26.0. The Bertz CT molecular complexity index is 413. The lowest BCUT2D eigenvalue weighted by Gasteiger charge is -2.29. The highest BCUT2D eigenvalue weighted by Gasteiger charge is 2.45. The van der Waals surface area contributed by atoms with Crippen molar-refractivity contribution in [3.05, 3.63) is 0 Å². The van der Waals surface area contributed by atoms with Gasteiger partial charge >= 0.3 is 5.97 Å². The maximum Gasteiger partial charge on any atom is 0.322 e. The molecule has 0 aromatic carbocycles. The number of sulfonamides is 1. The first-order valence-electron chi connectivity index (χ1n) is 5.94. The molecule has 1 rings (SSSR count). The normalized spacial score (nSPS) is 26.4. The third kappa shape index (κ3) is 3.61. The summed E-state index contributed by atoms with van der Waals surface area (Å²) in [7, 11) is -3.54. The lowest BCUT2D eigenvalue weighted by molar-refractivity contribution is -0.140. The summed E-state index contributed by atoms with van der Waals surface area (Å²) >= 11 is 1.41. The summed E-state index contributed by atoms with van der Waals surface area (Å²) in [4.78, 5) is 11.2. The topological polar surface area (TPSA) is 74.7 Å². The zero-order valence-electron chi connectivity index (χ0n) is 11.2. The third-order valence-corrected chi connectivity index (χ3v) is 6.58. The van der Waals surface area contributed by atoms with Gasteiger partial charge in [-0.15, -0.1) is 11.8 Å². The number of rotatable bonds is 4. The maximum atomic E-state index is 12.4. The molecule has 18 heavy (non-hydrogen) atoms. The minimum absolute atomic E-state index is 0.0269. The Balaban J connectivity index is 3.05. The van der Waals surface area contributed by atoms with Gasteiger partial charge in [-0.25, -0.2) is 8.42 Å². The van der Waals surface area contributed by atoms with Crippen molar-refractivity contribution in [1.82, 2.24) is 4.31 Å². The van der Waals surface area contributed by atoms with Crippen molar-refractivity contribution in [1.29, 1.82) is 0 Å². The highest BCUT2D eigenvalue weighted by atomic mass is 32.2. The van der Waals surface area contributed by atoms with Crippen molar-refractivity contribution in [2.24, 2.45) is 5.41 Å². The lowest BCUT2D eigenvalue weighted by Crippen LogP contribution is -2.47. The van der Waals surface area contributed by atoms with Gasteiger partial charge < -0.3 is 5.11 Å². The van der Waals surface area contributed by atoms with E-state index in [2.05, 4.69) is 0 Å². The fourth-order valence-electron chi connectivity index (χ4n) is 2.02. The SMILES string of the molecule is CCC1SCC(C(=O)O)N1S(=O)(=O)CC(C)(C)C. The third-order valence-electron chi connectivity index (χ3n) is 2.61. The highest BCUT2D eigenvalue weighted by Crippen LogP contribution is 2.35. The van der Waals surface area contributed by atoms with E-state index in [0.717, 1.165) is 0 Å². The monoisotopic (exact) mass is 295 g/mol. The van der Waals surface area contributed by atoms with Crippen LogP contribution in [0.25, 0.3) is 0 Å². The Morgan fingerprint density at radius 1 is 1.44 bits per heavy atom. The second kappa shape index (κ2) is 5.38. The summed E-state index contributed by atoms with van der Waals surface area (Å²) in [5.74, 6) is -0.756. The lowest BCUT2D eigenvalue weighted by atomic mass is 10.0. The summed E-state index contributed by atoms with van der Waals surface area (Å²) in [6.45, 7) is 7.39. The molecule has 0 aromatic heterocycles. The van der Waals surface area contributed by atoms with E-state index in [9.17, 15) is 13.2 Å². The van der Waals surface area contributed by atoms with Crippen LogP contribution in [-0.4, -0.2) is 46.7 Å². The van der Waals surface area contributed by atoms with Crippen molar-refractivity contribution in [3.63, 3.8) is 0 Å². The highest BCUT2D eigenvalue weighted by molar-refractivity contribution is 8.01. The van der Waals surface area contributed by atoms with Gasteiger partial charge in [0.2, 0.25) is 10.0 Å². The Kier molecular flexibility index (Phi) is 4.72. The molecule has 2 unspecified atom stereocenters. The number of carboxylic acids is 1. The van der Waals surface area contributed by atoms with Gasteiger partial charge in [0.25, 0.3) is 0 Å². The molecule has 106 valence electrons. The molecule has 0 radical (unpaired) electrons. The number of nitrogens with zero attached hydrogens (tertiary/aromatic N) is 1. The van der Waals surface area contributed by atoms with E-state index in [0.29, 0.717) is 12.2 Å². The molecule has 5 nitrogen and oxygen atoms in total. The molecule has 0 spiro atoms. The second-order valence-electron chi connectivity index (χ2n) is 5.70. The fraction of sp³-hybridized carbons (Fsp3) is 0.909. The van der Waals surface area contributed by atoms with E-state index in [1.165, 1.54) is 16.1 Å². The van der Waals surface area contributed by atoms with Gasteiger partial charge in [-0.05, 0) is 11.8 Å². The quantitative estimate of drug-likeness (QED) is 0.852. The molecular formula is C11H21NO4S2. The molecule has 0 aromatic rings. The van der Waals surface area contributed by atoms with Crippen LogP contribution in [0.15, 0.2) is 0 Å². The predicted octanol–water partition coefficient (Wildman–Crippen LogP) is 1.60. The van der Waals surface area contributed by atoms with Gasteiger partial charge in [-0.3, -0.25) is 4.79 Å². The minimum atomic E-state index is -3.54. The van der Waals surface area contributed by atoms with E-state index in [1.54, 1.807) is 0 Å². The van der Waals surface area contributed by atoms with E-state index < -0.39 is 22.0 Å². The van der Waals surface area contributed by atoms with Gasteiger partial charge in [0.05, 0.1) is 11.1 Å². The van der Waals surface area contributed by atoms with Crippen LogP contribution in [0.4, 0.5) is 0 Å². The van der Waals surface area contributed by atoms with Crippen LogP contribution in [0.5, 0.6) is 0 Å². The first-order chi connectivity index (χ1) is 8.08. The van der Waals surface area contributed by atoms with Crippen molar-refractivity contribution >= 4 is 27.8 Å². The van der Waals surface area contributed by atoms with E-state index in [-0.39, 0.29) is 16.5 Å². The van der Waals surface area contributed by atoms with Crippen LogP contribution in [0.1, 0.15) is 34.1 Å². The maximum absolute atomic E-state index is 12.4.